The predicted octanol–water partition coefficient (Wildman–Crippen LogP) is 2.16. The van der Waals surface area contributed by atoms with E-state index >= 15 is 0 Å². The lowest BCUT2D eigenvalue weighted by molar-refractivity contribution is 0.702. The minimum absolute atomic E-state index is 0.0961. The van der Waals surface area contributed by atoms with E-state index in [4.69, 9.17) is 0 Å². The Morgan fingerprint density at radius 3 is 0.893 bits per heavy atom. The number of nitriles is 4. The number of nitrogens with zero attached hydrogens (tertiary/aromatic N) is 10. The Hall–Kier alpha value is -4.28. The molecule has 28 heavy (non-hydrogen) atoms. The van der Waals surface area contributed by atoms with Crippen LogP contribution in [0.4, 0.5) is 23.3 Å². The molecule has 0 bridgehead atoms. The van der Waals surface area contributed by atoms with Crippen LogP contribution in [0.2, 0.25) is 0 Å². The second kappa shape index (κ2) is 6.79. The molecule has 0 amide bonds. The van der Waals surface area contributed by atoms with Gasteiger partial charge in [-0.2, -0.15) is 21.0 Å². The van der Waals surface area contributed by atoms with Crippen molar-refractivity contribution in [3.8, 4) is 24.3 Å². The monoisotopic (exact) mass is 370 g/mol. The third-order valence-electron chi connectivity index (χ3n) is 4.09. The minimum Gasteiger partial charge on any atom is -0.302 e. The maximum Gasteiger partial charge on any atom is 0.179 e. The summed E-state index contributed by atoms with van der Waals surface area (Å²) >= 11 is 0. The highest BCUT2D eigenvalue weighted by Crippen LogP contribution is 2.46. The fraction of sp³-hybridized carbons (Fsp3) is 0.333. The third-order valence-corrected chi connectivity index (χ3v) is 4.09. The maximum absolute atomic E-state index is 9.35. The van der Waals surface area contributed by atoms with Crippen molar-refractivity contribution in [3.63, 3.8) is 0 Å². The van der Waals surface area contributed by atoms with E-state index in [1.165, 1.54) is 0 Å². The van der Waals surface area contributed by atoms with Gasteiger partial charge < -0.3 is 9.80 Å². The van der Waals surface area contributed by atoms with Gasteiger partial charge in [-0.25, -0.2) is 19.9 Å². The molecule has 2 aromatic rings. The highest BCUT2D eigenvalue weighted by molar-refractivity contribution is 5.87. The van der Waals surface area contributed by atoms with Gasteiger partial charge >= 0.3 is 0 Å². The van der Waals surface area contributed by atoms with Crippen molar-refractivity contribution in [3.05, 3.63) is 22.8 Å². The van der Waals surface area contributed by atoms with Gasteiger partial charge in [-0.1, -0.05) is 0 Å². The minimum atomic E-state index is -0.172. The molecule has 10 heteroatoms. The smallest absolute Gasteiger partial charge is 0.179 e. The molecule has 0 aromatic carbocycles. The second-order valence-corrected chi connectivity index (χ2v) is 6.51. The van der Waals surface area contributed by atoms with E-state index in [0.29, 0.717) is 23.3 Å². The standard InChI is InChI=1S/C18H14N10/c1-9(2)27-15-17(25-13(7-21)11(5-19)23-15)28(10(3)4)18-16(27)24-12(6-20)14(8-22)26-18/h9-10H,1-4H3. The Bertz CT molecular complexity index is 964. The van der Waals surface area contributed by atoms with Crippen LogP contribution >= 0.6 is 0 Å². The van der Waals surface area contributed by atoms with E-state index in [1.54, 1.807) is 9.80 Å². The van der Waals surface area contributed by atoms with Crippen molar-refractivity contribution in [1.29, 1.82) is 21.0 Å². The Morgan fingerprint density at radius 2 is 0.750 bits per heavy atom. The summed E-state index contributed by atoms with van der Waals surface area (Å²) < 4.78 is 0. The average Bonchev–Trinajstić information content (AvgIpc) is 2.68. The van der Waals surface area contributed by atoms with Crippen LogP contribution in [-0.4, -0.2) is 32.0 Å². The van der Waals surface area contributed by atoms with Crippen LogP contribution in [0.1, 0.15) is 50.5 Å². The van der Waals surface area contributed by atoms with Crippen LogP contribution in [0, 0.1) is 45.3 Å². The van der Waals surface area contributed by atoms with Gasteiger partial charge in [0.05, 0.1) is 0 Å². The maximum atomic E-state index is 9.35. The topological polar surface area (TPSA) is 153 Å². The van der Waals surface area contributed by atoms with Crippen LogP contribution in [0.5, 0.6) is 0 Å². The molecule has 0 unspecified atom stereocenters. The first-order valence-electron chi connectivity index (χ1n) is 8.40. The van der Waals surface area contributed by atoms with E-state index in [9.17, 15) is 21.0 Å². The number of rotatable bonds is 2. The first-order chi connectivity index (χ1) is 13.4. The van der Waals surface area contributed by atoms with Gasteiger partial charge in [0, 0.05) is 12.1 Å². The van der Waals surface area contributed by atoms with Crippen molar-refractivity contribution in [2.75, 3.05) is 9.80 Å². The third kappa shape index (κ3) is 2.61. The summed E-state index contributed by atoms with van der Waals surface area (Å²) in [5.41, 5.74) is -0.385. The van der Waals surface area contributed by atoms with Gasteiger partial charge in [-0.05, 0) is 27.7 Å². The highest BCUT2D eigenvalue weighted by Gasteiger charge is 2.38. The summed E-state index contributed by atoms with van der Waals surface area (Å²) in [6, 6.07) is 7.23. The molecule has 136 valence electrons. The Kier molecular flexibility index (Phi) is 4.49. The van der Waals surface area contributed by atoms with Gasteiger partial charge in [0.15, 0.2) is 46.0 Å². The molecule has 0 radical (unpaired) electrons. The zero-order valence-electron chi connectivity index (χ0n) is 15.6. The molecule has 3 rings (SSSR count). The summed E-state index contributed by atoms with van der Waals surface area (Å²) in [7, 11) is 0. The van der Waals surface area contributed by atoms with Gasteiger partial charge in [0.2, 0.25) is 0 Å². The molecule has 0 N–H and O–H groups in total. The highest BCUT2D eigenvalue weighted by atomic mass is 15.4. The van der Waals surface area contributed by atoms with E-state index in [2.05, 4.69) is 19.9 Å². The van der Waals surface area contributed by atoms with E-state index in [0.717, 1.165) is 0 Å². The SMILES string of the molecule is CC(C)N1c2nc(C#N)c(C#N)nc2N(C(C)C)c2nc(C#N)c(C#N)nc21. The summed E-state index contributed by atoms with van der Waals surface area (Å²) in [5, 5.41) is 37.4. The fourth-order valence-electron chi connectivity index (χ4n) is 2.97. The van der Waals surface area contributed by atoms with Gasteiger partial charge in [-0.3, -0.25) is 0 Å². The van der Waals surface area contributed by atoms with Crippen molar-refractivity contribution >= 4 is 23.3 Å². The molecule has 0 atom stereocenters. The molecule has 3 heterocycles. The Morgan fingerprint density at radius 1 is 0.536 bits per heavy atom. The summed E-state index contributed by atoms with van der Waals surface area (Å²) in [6.45, 7) is 7.54. The molecule has 1 aliphatic rings. The van der Waals surface area contributed by atoms with Crippen molar-refractivity contribution in [2.24, 2.45) is 0 Å². The van der Waals surface area contributed by atoms with Gasteiger partial charge in [-0.15, -0.1) is 0 Å². The van der Waals surface area contributed by atoms with Crippen LogP contribution in [-0.2, 0) is 0 Å². The lowest BCUT2D eigenvalue weighted by atomic mass is 10.2. The molecule has 1 aliphatic heterocycles. The van der Waals surface area contributed by atoms with E-state index in [1.807, 2.05) is 52.0 Å². The largest absolute Gasteiger partial charge is 0.302 e. The number of fused-ring (bicyclic) bond motifs is 2. The summed E-state index contributed by atoms with van der Waals surface area (Å²) in [5.74, 6) is 1.37. The van der Waals surface area contributed by atoms with Crippen molar-refractivity contribution < 1.29 is 0 Å². The fourth-order valence-corrected chi connectivity index (χ4v) is 2.97. The van der Waals surface area contributed by atoms with Crippen molar-refractivity contribution in [1.82, 2.24) is 19.9 Å². The number of hydrogen-bond donors (Lipinski definition) is 0. The van der Waals surface area contributed by atoms with E-state index < -0.39 is 0 Å². The number of aromatic nitrogens is 4. The molecule has 0 saturated heterocycles. The van der Waals surface area contributed by atoms with Gasteiger partial charge in [0.1, 0.15) is 24.3 Å². The normalized spacial score (nSPS) is 11.9. The zero-order chi connectivity index (χ0) is 20.6. The summed E-state index contributed by atoms with van der Waals surface area (Å²) in [4.78, 5) is 20.8. The molecule has 0 saturated carbocycles. The lowest BCUT2D eigenvalue weighted by Gasteiger charge is -2.40. The van der Waals surface area contributed by atoms with Crippen LogP contribution < -0.4 is 9.80 Å². The first kappa shape index (κ1) is 18.5. The first-order valence-corrected chi connectivity index (χ1v) is 8.40. The Balaban J connectivity index is 2.45. The molecule has 0 aliphatic carbocycles. The molecule has 2 aromatic heterocycles. The van der Waals surface area contributed by atoms with Gasteiger partial charge in [0.25, 0.3) is 0 Å². The molecule has 0 fully saturated rings. The zero-order valence-corrected chi connectivity index (χ0v) is 15.6. The number of hydrogen-bond acceptors (Lipinski definition) is 10. The van der Waals surface area contributed by atoms with Crippen LogP contribution in [0.15, 0.2) is 0 Å². The molecule has 0 spiro atoms. The summed E-state index contributed by atoms with van der Waals surface area (Å²) in [6.07, 6.45) is 0. The molecular weight excluding hydrogens is 356 g/mol. The predicted molar refractivity (Wildman–Crippen MR) is 97.5 cm³/mol. The molecule has 10 nitrogen and oxygen atoms in total. The van der Waals surface area contributed by atoms with Crippen LogP contribution in [0.25, 0.3) is 0 Å². The lowest BCUT2D eigenvalue weighted by Crippen LogP contribution is -2.40. The van der Waals surface area contributed by atoms with E-state index in [-0.39, 0.29) is 34.9 Å². The number of anilines is 4. The quantitative estimate of drug-likeness (QED) is 0.768. The Labute approximate surface area is 161 Å². The average molecular weight is 370 g/mol. The second-order valence-electron chi connectivity index (χ2n) is 6.51. The van der Waals surface area contributed by atoms with Crippen molar-refractivity contribution in [2.45, 2.75) is 39.8 Å². The van der Waals surface area contributed by atoms with Crippen LogP contribution in [0.3, 0.4) is 0 Å². The molecular formula is C18H14N10.